The van der Waals surface area contributed by atoms with Crippen molar-refractivity contribution in [2.75, 3.05) is 20.1 Å². The summed E-state index contributed by atoms with van der Waals surface area (Å²) < 4.78 is 0. The van der Waals surface area contributed by atoms with Crippen LogP contribution >= 0.6 is 0 Å². The number of hydrogen-bond donors (Lipinski definition) is 1. The van der Waals surface area contributed by atoms with E-state index < -0.39 is 5.97 Å². The molecule has 84 valence electrons. The second-order valence-electron chi connectivity index (χ2n) is 4.54. The van der Waals surface area contributed by atoms with Gasteiger partial charge in [-0.1, -0.05) is 20.8 Å². The zero-order valence-electron chi connectivity index (χ0n) is 9.79. The van der Waals surface area contributed by atoms with Crippen molar-refractivity contribution in [2.45, 2.75) is 33.6 Å². The SMILES string of the molecule is CC(C)CCCN(C)CC(C)C(=O)O. The van der Waals surface area contributed by atoms with Crippen LogP contribution in [0.15, 0.2) is 0 Å². The average molecular weight is 201 g/mol. The average Bonchev–Trinajstić information content (AvgIpc) is 2.02. The number of rotatable bonds is 7. The Morgan fingerprint density at radius 2 is 1.93 bits per heavy atom. The molecule has 0 aliphatic rings. The van der Waals surface area contributed by atoms with Gasteiger partial charge in [0.1, 0.15) is 0 Å². The largest absolute Gasteiger partial charge is 0.481 e. The number of aliphatic carboxylic acids is 1. The van der Waals surface area contributed by atoms with Gasteiger partial charge in [-0.2, -0.15) is 0 Å². The minimum Gasteiger partial charge on any atom is -0.481 e. The molecule has 1 unspecified atom stereocenters. The van der Waals surface area contributed by atoms with Gasteiger partial charge < -0.3 is 10.0 Å². The predicted molar refractivity (Wildman–Crippen MR) is 58.4 cm³/mol. The molecule has 0 aromatic carbocycles. The molecule has 1 N–H and O–H groups in total. The lowest BCUT2D eigenvalue weighted by molar-refractivity contribution is -0.141. The van der Waals surface area contributed by atoms with Gasteiger partial charge in [-0.05, 0) is 32.4 Å². The highest BCUT2D eigenvalue weighted by atomic mass is 16.4. The first kappa shape index (κ1) is 13.4. The van der Waals surface area contributed by atoms with Crippen LogP contribution in [0.1, 0.15) is 33.6 Å². The Kier molecular flexibility index (Phi) is 6.54. The van der Waals surface area contributed by atoms with Crippen LogP contribution in [0.25, 0.3) is 0 Å². The van der Waals surface area contributed by atoms with Crippen molar-refractivity contribution in [1.29, 1.82) is 0 Å². The van der Waals surface area contributed by atoms with E-state index in [4.69, 9.17) is 5.11 Å². The summed E-state index contributed by atoms with van der Waals surface area (Å²) in [6, 6.07) is 0. The highest BCUT2D eigenvalue weighted by Gasteiger charge is 2.12. The predicted octanol–water partition coefficient (Wildman–Crippen LogP) is 2.08. The maximum absolute atomic E-state index is 10.6. The lowest BCUT2D eigenvalue weighted by Gasteiger charge is -2.19. The smallest absolute Gasteiger partial charge is 0.307 e. The summed E-state index contributed by atoms with van der Waals surface area (Å²) in [5.74, 6) is -0.236. The molecule has 0 aromatic rings. The van der Waals surface area contributed by atoms with Gasteiger partial charge in [0.15, 0.2) is 0 Å². The first-order chi connectivity index (χ1) is 6.43. The first-order valence-corrected chi connectivity index (χ1v) is 5.34. The second kappa shape index (κ2) is 6.82. The molecule has 0 saturated carbocycles. The van der Waals surface area contributed by atoms with Gasteiger partial charge in [0.2, 0.25) is 0 Å². The van der Waals surface area contributed by atoms with Gasteiger partial charge in [0.25, 0.3) is 0 Å². The van der Waals surface area contributed by atoms with Crippen molar-refractivity contribution in [3.8, 4) is 0 Å². The number of nitrogens with zero attached hydrogens (tertiary/aromatic N) is 1. The van der Waals surface area contributed by atoms with Crippen molar-refractivity contribution in [2.24, 2.45) is 11.8 Å². The van der Waals surface area contributed by atoms with Crippen LogP contribution in [0.3, 0.4) is 0 Å². The van der Waals surface area contributed by atoms with Gasteiger partial charge in [-0.25, -0.2) is 0 Å². The summed E-state index contributed by atoms with van der Waals surface area (Å²) in [4.78, 5) is 12.7. The molecule has 0 fully saturated rings. The van der Waals surface area contributed by atoms with E-state index in [-0.39, 0.29) is 5.92 Å². The summed E-state index contributed by atoms with van der Waals surface area (Å²) >= 11 is 0. The third-order valence-electron chi connectivity index (χ3n) is 2.33. The molecule has 0 aromatic heterocycles. The highest BCUT2D eigenvalue weighted by Crippen LogP contribution is 2.05. The van der Waals surface area contributed by atoms with E-state index in [0.717, 1.165) is 18.9 Å². The maximum atomic E-state index is 10.6. The number of carboxylic acids is 1. The summed E-state index contributed by atoms with van der Waals surface area (Å²) in [7, 11) is 1.99. The van der Waals surface area contributed by atoms with Crippen molar-refractivity contribution in [1.82, 2.24) is 4.90 Å². The maximum Gasteiger partial charge on any atom is 0.307 e. The number of hydrogen-bond acceptors (Lipinski definition) is 2. The zero-order valence-corrected chi connectivity index (χ0v) is 9.79. The van der Waals surface area contributed by atoms with Crippen LogP contribution in [0.5, 0.6) is 0 Å². The molecule has 0 aliphatic carbocycles. The Balaban J connectivity index is 3.55. The Hall–Kier alpha value is -0.570. The fraction of sp³-hybridized carbons (Fsp3) is 0.909. The molecule has 0 radical (unpaired) electrons. The lowest BCUT2D eigenvalue weighted by atomic mass is 10.1. The van der Waals surface area contributed by atoms with Crippen LogP contribution in [-0.2, 0) is 4.79 Å². The van der Waals surface area contributed by atoms with Gasteiger partial charge in [0.05, 0.1) is 5.92 Å². The van der Waals surface area contributed by atoms with Crippen molar-refractivity contribution in [3.05, 3.63) is 0 Å². The fourth-order valence-electron chi connectivity index (χ4n) is 1.41. The van der Waals surface area contributed by atoms with Crippen LogP contribution in [0, 0.1) is 11.8 Å². The van der Waals surface area contributed by atoms with Crippen LogP contribution in [0.4, 0.5) is 0 Å². The molecule has 0 aliphatic heterocycles. The summed E-state index contributed by atoms with van der Waals surface area (Å²) in [6.45, 7) is 7.81. The molecule has 0 saturated heterocycles. The van der Waals surface area contributed by atoms with Crippen molar-refractivity contribution in [3.63, 3.8) is 0 Å². The van der Waals surface area contributed by atoms with Gasteiger partial charge in [0, 0.05) is 6.54 Å². The Morgan fingerprint density at radius 1 is 1.36 bits per heavy atom. The normalized spacial score (nSPS) is 13.6. The molecule has 3 nitrogen and oxygen atoms in total. The van der Waals surface area contributed by atoms with E-state index in [1.165, 1.54) is 6.42 Å². The van der Waals surface area contributed by atoms with Gasteiger partial charge >= 0.3 is 5.97 Å². The minimum atomic E-state index is -0.708. The van der Waals surface area contributed by atoms with E-state index in [1.807, 2.05) is 7.05 Å². The molecule has 0 bridgehead atoms. The zero-order chi connectivity index (χ0) is 11.1. The fourth-order valence-corrected chi connectivity index (χ4v) is 1.41. The van der Waals surface area contributed by atoms with E-state index in [2.05, 4.69) is 18.7 Å². The monoisotopic (exact) mass is 201 g/mol. The Bertz CT molecular complexity index is 169. The van der Waals surface area contributed by atoms with Gasteiger partial charge in [-0.15, -0.1) is 0 Å². The Labute approximate surface area is 87.1 Å². The molecule has 0 heterocycles. The minimum absolute atomic E-state index is 0.265. The molecule has 0 spiro atoms. The molecule has 0 rings (SSSR count). The van der Waals surface area contributed by atoms with E-state index in [9.17, 15) is 4.79 Å². The van der Waals surface area contributed by atoms with Gasteiger partial charge in [-0.3, -0.25) is 4.79 Å². The van der Waals surface area contributed by atoms with E-state index in [1.54, 1.807) is 6.92 Å². The molecule has 3 heteroatoms. The number of carbonyl (C=O) groups is 1. The van der Waals surface area contributed by atoms with E-state index >= 15 is 0 Å². The second-order valence-corrected chi connectivity index (χ2v) is 4.54. The Morgan fingerprint density at radius 3 is 2.36 bits per heavy atom. The molecule has 0 amide bonds. The topological polar surface area (TPSA) is 40.5 Å². The third kappa shape index (κ3) is 6.89. The molecular formula is C11H23NO2. The molecular weight excluding hydrogens is 178 g/mol. The first-order valence-electron chi connectivity index (χ1n) is 5.34. The van der Waals surface area contributed by atoms with Crippen molar-refractivity contribution < 1.29 is 9.90 Å². The third-order valence-corrected chi connectivity index (χ3v) is 2.33. The van der Waals surface area contributed by atoms with Crippen LogP contribution < -0.4 is 0 Å². The summed E-state index contributed by atoms with van der Waals surface area (Å²) in [5.41, 5.74) is 0. The highest BCUT2D eigenvalue weighted by molar-refractivity contribution is 5.69. The standard InChI is InChI=1S/C11H23NO2/c1-9(2)6-5-7-12(4)8-10(3)11(13)14/h9-10H,5-8H2,1-4H3,(H,13,14). The lowest BCUT2D eigenvalue weighted by Crippen LogP contribution is -2.29. The summed E-state index contributed by atoms with van der Waals surface area (Å²) in [6.07, 6.45) is 2.37. The number of carboxylic acid groups (broad SMARTS) is 1. The van der Waals surface area contributed by atoms with Crippen LogP contribution in [0.2, 0.25) is 0 Å². The molecule has 14 heavy (non-hydrogen) atoms. The van der Waals surface area contributed by atoms with E-state index in [0.29, 0.717) is 6.54 Å². The quantitative estimate of drug-likeness (QED) is 0.685. The molecule has 1 atom stereocenters. The summed E-state index contributed by atoms with van der Waals surface area (Å²) in [5, 5.41) is 8.72. The van der Waals surface area contributed by atoms with Crippen molar-refractivity contribution >= 4 is 5.97 Å². The van der Waals surface area contributed by atoms with Crippen LogP contribution in [-0.4, -0.2) is 36.1 Å².